The number of hydrogen-bond donors (Lipinski definition) is 0. The molecule has 0 bridgehead atoms. The minimum absolute atomic E-state index is 0.0982. The second-order valence-corrected chi connectivity index (χ2v) is 7.52. The summed E-state index contributed by atoms with van der Waals surface area (Å²) in [5.74, 6) is -1.71. The van der Waals surface area contributed by atoms with Crippen LogP contribution in [-0.2, 0) is 23.9 Å². The maximum atomic E-state index is 12.9. The van der Waals surface area contributed by atoms with Gasteiger partial charge in [-0.2, -0.15) is 0 Å². The van der Waals surface area contributed by atoms with E-state index in [1.807, 2.05) is 49.4 Å². The molecule has 2 aliphatic rings. The number of hydrogen-bond acceptors (Lipinski definition) is 5. The number of ether oxygens (including phenoxy) is 2. The molecule has 1 amide bonds. The Morgan fingerprint density at radius 1 is 1.20 bits per heavy atom. The van der Waals surface area contributed by atoms with Crippen LogP contribution in [0.1, 0.15) is 42.9 Å². The number of nitrogens with zero attached hydrogens (tertiary/aromatic N) is 1. The van der Waals surface area contributed by atoms with Crippen molar-refractivity contribution in [3.05, 3.63) is 71.3 Å². The van der Waals surface area contributed by atoms with Gasteiger partial charge in [-0.25, -0.2) is 4.79 Å². The van der Waals surface area contributed by atoms with Gasteiger partial charge in [-0.05, 0) is 25.5 Å². The van der Waals surface area contributed by atoms with E-state index >= 15 is 0 Å². The van der Waals surface area contributed by atoms with E-state index in [0.29, 0.717) is 16.8 Å². The summed E-state index contributed by atoms with van der Waals surface area (Å²) in [5.41, 5.74) is 2.25. The number of para-hydroxylation sites is 1. The van der Waals surface area contributed by atoms with Gasteiger partial charge in [0.25, 0.3) is 0 Å². The van der Waals surface area contributed by atoms with Crippen molar-refractivity contribution in [2.24, 2.45) is 0 Å². The van der Waals surface area contributed by atoms with E-state index in [2.05, 4.69) is 0 Å². The van der Waals surface area contributed by atoms with Crippen LogP contribution in [0, 0.1) is 6.92 Å². The monoisotopic (exact) mass is 405 g/mol. The van der Waals surface area contributed by atoms with Gasteiger partial charge in [0.2, 0.25) is 11.6 Å². The second kappa shape index (κ2) is 7.44. The molecular weight excluding hydrogens is 382 g/mol. The molecule has 2 aromatic rings. The van der Waals surface area contributed by atoms with E-state index in [1.165, 1.54) is 17.9 Å². The Hall–Kier alpha value is -3.41. The first kappa shape index (κ1) is 19.9. The van der Waals surface area contributed by atoms with Crippen molar-refractivity contribution in [3.63, 3.8) is 0 Å². The fraction of sp³-hybridized carbons (Fsp3) is 0.292. The van der Waals surface area contributed by atoms with Crippen LogP contribution in [0.15, 0.2) is 54.6 Å². The average Bonchev–Trinajstić information content (AvgIpc) is 3.18. The molecule has 2 atom stereocenters. The quantitative estimate of drug-likeness (QED) is 0.575. The van der Waals surface area contributed by atoms with Gasteiger partial charge in [0.15, 0.2) is 0 Å². The summed E-state index contributed by atoms with van der Waals surface area (Å²) < 4.78 is 11.1. The molecule has 154 valence electrons. The van der Waals surface area contributed by atoms with Gasteiger partial charge in [0.1, 0.15) is 0 Å². The Labute approximate surface area is 175 Å². The zero-order valence-electron chi connectivity index (χ0n) is 17.2. The van der Waals surface area contributed by atoms with Crippen LogP contribution in [0.2, 0.25) is 0 Å². The zero-order chi connectivity index (χ0) is 21.5. The highest BCUT2D eigenvalue weighted by Gasteiger charge is 2.62. The third-order valence-electron chi connectivity index (χ3n) is 5.61. The van der Waals surface area contributed by atoms with Gasteiger partial charge in [-0.15, -0.1) is 0 Å². The predicted octanol–water partition coefficient (Wildman–Crippen LogP) is 3.74. The Morgan fingerprint density at radius 3 is 2.57 bits per heavy atom. The Kier molecular flexibility index (Phi) is 4.94. The van der Waals surface area contributed by atoms with Crippen LogP contribution in [0.25, 0.3) is 5.57 Å². The highest BCUT2D eigenvalue weighted by atomic mass is 16.6. The number of carbonyl (C=O) groups excluding carboxylic acids is 3. The minimum Gasteiger partial charge on any atom is -0.463 e. The molecule has 2 unspecified atom stereocenters. The van der Waals surface area contributed by atoms with E-state index in [9.17, 15) is 14.4 Å². The van der Waals surface area contributed by atoms with E-state index in [-0.39, 0.29) is 18.9 Å². The van der Waals surface area contributed by atoms with Crippen LogP contribution in [-0.4, -0.2) is 30.2 Å². The Balaban J connectivity index is 1.99. The highest BCUT2D eigenvalue weighted by molar-refractivity contribution is 6.10. The van der Waals surface area contributed by atoms with E-state index in [0.717, 1.165) is 11.1 Å². The number of amides is 1. The van der Waals surface area contributed by atoms with Crippen molar-refractivity contribution in [1.29, 1.82) is 0 Å². The number of esters is 2. The first-order valence-corrected chi connectivity index (χ1v) is 9.96. The van der Waals surface area contributed by atoms with E-state index in [1.54, 1.807) is 13.0 Å². The molecule has 6 nitrogen and oxygen atoms in total. The van der Waals surface area contributed by atoms with Gasteiger partial charge in [0.05, 0.1) is 24.6 Å². The molecule has 2 aliphatic heterocycles. The molecule has 2 heterocycles. The lowest BCUT2D eigenvalue weighted by Crippen LogP contribution is -2.52. The number of anilines is 1. The van der Waals surface area contributed by atoms with Crippen LogP contribution in [0.4, 0.5) is 5.69 Å². The van der Waals surface area contributed by atoms with Crippen molar-refractivity contribution in [2.45, 2.75) is 38.8 Å². The summed E-state index contributed by atoms with van der Waals surface area (Å²) in [5, 5.41) is 0. The summed E-state index contributed by atoms with van der Waals surface area (Å²) in [6.45, 7) is 5.36. The SMILES string of the molecule is CCOC(=O)/C=C1/c2ccccc2N(C(C)=O)C12OC(=O)CC2c1ccc(C)cc1. The highest BCUT2D eigenvalue weighted by Crippen LogP contribution is 2.58. The van der Waals surface area contributed by atoms with Gasteiger partial charge in [-0.3, -0.25) is 14.5 Å². The van der Waals surface area contributed by atoms with Gasteiger partial charge < -0.3 is 9.47 Å². The molecule has 0 aromatic heterocycles. The predicted molar refractivity (Wildman–Crippen MR) is 112 cm³/mol. The summed E-state index contributed by atoms with van der Waals surface area (Å²) in [6.07, 6.45) is 1.45. The maximum absolute atomic E-state index is 12.9. The van der Waals surface area contributed by atoms with Gasteiger partial charge >= 0.3 is 11.9 Å². The van der Waals surface area contributed by atoms with Crippen molar-refractivity contribution >= 4 is 29.1 Å². The molecule has 0 radical (unpaired) electrons. The maximum Gasteiger partial charge on any atom is 0.331 e. The van der Waals surface area contributed by atoms with Gasteiger partial charge in [-0.1, -0.05) is 48.0 Å². The first-order valence-electron chi connectivity index (χ1n) is 9.96. The molecule has 1 spiro atoms. The average molecular weight is 405 g/mol. The minimum atomic E-state index is -1.44. The normalized spacial score (nSPS) is 23.6. The van der Waals surface area contributed by atoms with Gasteiger partial charge in [0, 0.05) is 24.1 Å². The number of carbonyl (C=O) groups is 3. The third kappa shape index (κ3) is 3.00. The van der Waals surface area contributed by atoms with E-state index in [4.69, 9.17) is 9.47 Å². The summed E-state index contributed by atoms with van der Waals surface area (Å²) >= 11 is 0. The van der Waals surface area contributed by atoms with E-state index < -0.39 is 23.6 Å². The fourth-order valence-electron chi connectivity index (χ4n) is 4.45. The molecule has 0 saturated carbocycles. The van der Waals surface area contributed by atoms with Crippen LogP contribution >= 0.6 is 0 Å². The van der Waals surface area contributed by atoms with Crippen LogP contribution in [0.3, 0.4) is 0 Å². The van der Waals surface area contributed by atoms with Crippen molar-refractivity contribution in [2.75, 3.05) is 11.5 Å². The van der Waals surface area contributed by atoms with Crippen molar-refractivity contribution in [1.82, 2.24) is 0 Å². The topological polar surface area (TPSA) is 72.9 Å². The fourth-order valence-corrected chi connectivity index (χ4v) is 4.45. The number of aryl methyl sites for hydroxylation is 1. The second-order valence-electron chi connectivity index (χ2n) is 7.52. The standard InChI is InChI=1S/C24H23NO5/c1-4-29-22(27)14-20-18-7-5-6-8-21(18)25(16(3)26)24(20)19(13-23(28)30-24)17-11-9-15(2)10-12-17/h5-12,14,19H,4,13H2,1-3H3/b20-14-. The molecule has 6 heteroatoms. The molecule has 0 N–H and O–H groups in total. The lowest BCUT2D eigenvalue weighted by Gasteiger charge is -2.38. The van der Waals surface area contributed by atoms with Crippen molar-refractivity contribution < 1.29 is 23.9 Å². The molecule has 1 saturated heterocycles. The number of benzene rings is 2. The Morgan fingerprint density at radius 2 is 1.90 bits per heavy atom. The van der Waals surface area contributed by atoms with Crippen LogP contribution < -0.4 is 4.90 Å². The molecule has 1 fully saturated rings. The first-order chi connectivity index (χ1) is 14.4. The molecular formula is C24H23NO5. The molecule has 4 rings (SSSR count). The third-order valence-corrected chi connectivity index (χ3v) is 5.61. The lowest BCUT2D eigenvalue weighted by molar-refractivity contribution is -0.146. The summed E-state index contributed by atoms with van der Waals surface area (Å²) in [4.78, 5) is 39.4. The summed E-state index contributed by atoms with van der Waals surface area (Å²) in [7, 11) is 0. The lowest BCUT2D eigenvalue weighted by atomic mass is 9.81. The van der Waals surface area contributed by atoms with Crippen molar-refractivity contribution in [3.8, 4) is 0 Å². The zero-order valence-corrected chi connectivity index (χ0v) is 17.2. The van der Waals surface area contributed by atoms with Crippen LogP contribution in [0.5, 0.6) is 0 Å². The smallest absolute Gasteiger partial charge is 0.331 e. The molecule has 2 aromatic carbocycles. The number of fused-ring (bicyclic) bond motifs is 1. The largest absolute Gasteiger partial charge is 0.463 e. The summed E-state index contributed by atoms with van der Waals surface area (Å²) in [6, 6.07) is 15.0. The molecule has 0 aliphatic carbocycles. The molecule has 30 heavy (non-hydrogen) atoms. The number of rotatable bonds is 3. The Bertz CT molecular complexity index is 1060.